The van der Waals surface area contributed by atoms with E-state index in [2.05, 4.69) is 26.0 Å². The molecule has 1 heterocycles. The number of hydrogen-bond donors (Lipinski definition) is 1. The maximum absolute atomic E-state index is 11.0. The molecular weight excluding hydrogens is 310 g/mol. The summed E-state index contributed by atoms with van der Waals surface area (Å²) in [5.74, 6) is -0.138. The standard InChI is InChI=1S/C13H12BrN3O2/c1-7-6-9(4-5-10(7)14)17-12(8-2-3-8)15-11(16-17)13(18)19/h4-6,8H,2-3H2,1H3,(H,18,19). The van der Waals surface area contributed by atoms with Crippen molar-refractivity contribution in [3.05, 3.63) is 39.9 Å². The first-order valence-electron chi connectivity index (χ1n) is 6.03. The lowest BCUT2D eigenvalue weighted by Gasteiger charge is -2.06. The summed E-state index contributed by atoms with van der Waals surface area (Å²) in [6, 6.07) is 5.81. The monoisotopic (exact) mass is 321 g/mol. The van der Waals surface area contributed by atoms with Gasteiger partial charge in [-0.3, -0.25) is 0 Å². The Kier molecular flexibility index (Phi) is 2.89. The molecule has 1 saturated carbocycles. The number of benzene rings is 1. The molecule has 1 fully saturated rings. The summed E-state index contributed by atoms with van der Waals surface area (Å²) in [4.78, 5) is 15.2. The summed E-state index contributed by atoms with van der Waals surface area (Å²) in [6.45, 7) is 1.99. The van der Waals surface area contributed by atoms with Gasteiger partial charge in [-0.15, -0.1) is 5.10 Å². The van der Waals surface area contributed by atoms with Crippen LogP contribution in [-0.4, -0.2) is 25.8 Å². The molecule has 2 aromatic rings. The molecule has 1 aliphatic carbocycles. The highest BCUT2D eigenvalue weighted by atomic mass is 79.9. The molecule has 0 unspecified atom stereocenters. The van der Waals surface area contributed by atoms with Crippen molar-refractivity contribution in [2.45, 2.75) is 25.7 Å². The average Bonchev–Trinajstić information content (AvgIpc) is 3.11. The van der Waals surface area contributed by atoms with E-state index < -0.39 is 5.97 Å². The molecule has 19 heavy (non-hydrogen) atoms. The lowest BCUT2D eigenvalue weighted by molar-refractivity contribution is 0.0683. The van der Waals surface area contributed by atoms with E-state index in [4.69, 9.17) is 5.11 Å². The Hall–Kier alpha value is -1.69. The first kappa shape index (κ1) is 12.3. The van der Waals surface area contributed by atoms with E-state index in [1.54, 1.807) is 4.68 Å². The van der Waals surface area contributed by atoms with Crippen LogP contribution in [0.5, 0.6) is 0 Å². The molecule has 1 aliphatic rings. The third-order valence-electron chi connectivity index (χ3n) is 3.15. The van der Waals surface area contributed by atoms with Gasteiger partial charge in [-0.05, 0) is 43.5 Å². The molecule has 0 saturated heterocycles. The molecule has 98 valence electrons. The minimum Gasteiger partial charge on any atom is -0.475 e. The highest BCUT2D eigenvalue weighted by Crippen LogP contribution is 2.39. The van der Waals surface area contributed by atoms with Crippen molar-refractivity contribution in [1.82, 2.24) is 14.8 Å². The number of carbonyl (C=O) groups is 1. The second-order valence-electron chi connectivity index (χ2n) is 4.72. The van der Waals surface area contributed by atoms with Gasteiger partial charge in [0, 0.05) is 10.4 Å². The first-order valence-corrected chi connectivity index (χ1v) is 6.82. The molecule has 1 aromatic carbocycles. The number of rotatable bonds is 3. The Morgan fingerprint density at radius 1 is 1.47 bits per heavy atom. The van der Waals surface area contributed by atoms with Gasteiger partial charge < -0.3 is 5.11 Å². The van der Waals surface area contributed by atoms with E-state index >= 15 is 0 Å². The van der Waals surface area contributed by atoms with Crippen LogP contribution in [0.2, 0.25) is 0 Å². The number of aromatic carboxylic acids is 1. The van der Waals surface area contributed by atoms with Crippen molar-refractivity contribution < 1.29 is 9.90 Å². The molecule has 0 amide bonds. The molecule has 0 radical (unpaired) electrons. The summed E-state index contributed by atoms with van der Waals surface area (Å²) < 4.78 is 2.67. The molecule has 0 bridgehead atoms. The summed E-state index contributed by atoms with van der Waals surface area (Å²) >= 11 is 3.45. The van der Waals surface area contributed by atoms with Gasteiger partial charge in [0.05, 0.1) is 5.69 Å². The van der Waals surface area contributed by atoms with Crippen LogP contribution in [0, 0.1) is 6.92 Å². The number of carboxylic acids is 1. The smallest absolute Gasteiger partial charge is 0.375 e. The van der Waals surface area contributed by atoms with E-state index in [1.807, 2.05) is 25.1 Å². The van der Waals surface area contributed by atoms with Crippen molar-refractivity contribution in [2.24, 2.45) is 0 Å². The van der Waals surface area contributed by atoms with E-state index in [0.29, 0.717) is 5.92 Å². The topological polar surface area (TPSA) is 68.0 Å². The number of aryl methyl sites for hydroxylation is 1. The quantitative estimate of drug-likeness (QED) is 0.943. The fourth-order valence-electron chi connectivity index (χ4n) is 1.97. The van der Waals surface area contributed by atoms with Crippen molar-refractivity contribution in [1.29, 1.82) is 0 Å². The van der Waals surface area contributed by atoms with E-state index in [9.17, 15) is 4.79 Å². The van der Waals surface area contributed by atoms with Gasteiger partial charge in [-0.25, -0.2) is 14.5 Å². The summed E-state index contributed by atoms with van der Waals surface area (Å²) in [6.07, 6.45) is 2.10. The largest absolute Gasteiger partial charge is 0.475 e. The number of hydrogen-bond acceptors (Lipinski definition) is 3. The first-order chi connectivity index (χ1) is 9.06. The maximum Gasteiger partial charge on any atom is 0.375 e. The Bertz CT molecular complexity index is 662. The van der Waals surface area contributed by atoms with Gasteiger partial charge in [0.25, 0.3) is 5.82 Å². The Morgan fingerprint density at radius 3 is 2.79 bits per heavy atom. The minimum absolute atomic E-state index is 0.137. The Morgan fingerprint density at radius 2 is 2.21 bits per heavy atom. The summed E-state index contributed by atoms with van der Waals surface area (Å²) in [7, 11) is 0. The van der Waals surface area contributed by atoms with Gasteiger partial charge in [0.2, 0.25) is 0 Å². The number of carboxylic acid groups (broad SMARTS) is 1. The molecule has 5 nitrogen and oxygen atoms in total. The van der Waals surface area contributed by atoms with Crippen LogP contribution < -0.4 is 0 Å². The molecule has 0 spiro atoms. The second kappa shape index (κ2) is 4.45. The predicted octanol–water partition coefficient (Wildman–Crippen LogP) is 2.91. The third-order valence-corrected chi connectivity index (χ3v) is 4.04. The van der Waals surface area contributed by atoms with Crippen LogP contribution >= 0.6 is 15.9 Å². The van der Waals surface area contributed by atoms with Crippen LogP contribution in [0.4, 0.5) is 0 Å². The normalized spacial score (nSPS) is 14.6. The summed E-state index contributed by atoms with van der Waals surface area (Å²) in [5, 5.41) is 13.1. The van der Waals surface area contributed by atoms with Gasteiger partial charge in [-0.2, -0.15) is 0 Å². The SMILES string of the molecule is Cc1cc(-n2nc(C(=O)O)nc2C2CC2)ccc1Br. The van der Waals surface area contributed by atoms with Gasteiger partial charge in [0.1, 0.15) is 5.82 Å². The molecule has 1 N–H and O–H groups in total. The van der Waals surface area contributed by atoms with Crippen LogP contribution in [0.15, 0.2) is 22.7 Å². The molecule has 0 atom stereocenters. The lowest BCUT2D eigenvalue weighted by atomic mass is 10.2. The minimum atomic E-state index is -1.09. The van der Waals surface area contributed by atoms with Crippen LogP contribution in [0.3, 0.4) is 0 Å². The Balaban J connectivity index is 2.12. The van der Waals surface area contributed by atoms with Gasteiger partial charge in [0.15, 0.2) is 0 Å². The predicted molar refractivity (Wildman–Crippen MR) is 72.7 cm³/mol. The highest BCUT2D eigenvalue weighted by molar-refractivity contribution is 9.10. The molecular formula is C13H12BrN3O2. The van der Waals surface area contributed by atoms with Crippen LogP contribution in [-0.2, 0) is 0 Å². The zero-order chi connectivity index (χ0) is 13.6. The van der Waals surface area contributed by atoms with Gasteiger partial charge in [-0.1, -0.05) is 15.9 Å². The summed E-state index contributed by atoms with van der Waals surface area (Å²) in [5.41, 5.74) is 1.93. The van der Waals surface area contributed by atoms with Crippen molar-refractivity contribution in [2.75, 3.05) is 0 Å². The fraction of sp³-hybridized carbons (Fsp3) is 0.308. The van der Waals surface area contributed by atoms with E-state index in [-0.39, 0.29) is 5.82 Å². The van der Waals surface area contributed by atoms with Crippen molar-refractivity contribution in [3.63, 3.8) is 0 Å². The zero-order valence-electron chi connectivity index (χ0n) is 10.3. The van der Waals surface area contributed by atoms with Gasteiger partial charge >= 0.3 is 5.97 Å². The number of aromatic nitrogens is 3. The molecule has 0 aliphatic heterocycles. The number of halogens is 1. The molecule has 1 aromatic heterocycles. The third kappa shape index (κ3) is 2.28. The van der Waals surface area contributed by atoms with E-state index in [0.717, 1.165) is 34.4 Å². The van der Waals surface area contributed by atoms with Crippen molar-refractivity contribution >= 4 is 21.9 Å². The lowest BCUT2D eigenvalue weighted by Crippen LogP contribution is -2.03. The van der Waals surface area contributed by atoms with E-state index in [1.165, 1.54) is 0 Å². The van der Waals surface area contributed by atoms with Crippen LogP contribution in [0.25, 0.3) is 5.69 Å². The highest BCUT2D eigenvalue weighted by Gasteiger charge is 2.31. The molecule has 6 heteroatoms. The maximum atomic E-state index is 11.0. The van der Waals surface area contributed by atoms with Crippen LogP contribution in [0.1, 0.15) is 40.8 Å². The Labute approximate surface area is 118 Å². The molecule has 3 rings (SSSR count). The second-order valence-corrected chi connectivity index (χ2v) is 5.57. The zero-order valence-corrected chi connectivity index (χ0v) is 11.9. The number of nitrogens with zero attached hydrogens (tertiary/aromatic N) is 3. The fourth-order valence-corrected chi connectivity index (χ4v) is 2.22. The van der Waals surface area contributed by atoms with Crippen molar-refractivity contribution in [3.8, 4) is 5.69 Å². The average molecular weight is 322 g/mol.